The molecule has 3 aliphatic rings. The maximum absolute atomic E-state index is 11.7. The molecule has 3 heterocycles. The van der Waals surface area contributed by atoms with Gasteiger partial charge < -0.3 is 35.3 Å². The van der Waals surface area contributed by atoms with Gasteiger partial charge in [0.1, 0.15) is 23.9 Å². The van der Waals surface area contributed by atoms with Crippen molar-refractivity contribution in [1.82, 2.24) is 16.0 Å². The van der Waals surface area contributed by atoms with Crippen LogP contribution in [0.3, 0.4) is 0 Å². The number of esters is 3. The molecular formula is C54H93N3O11. The number of carbonyl (C=O) groups excluding carboxylic acids is 7. The number of unbranched alkanes of at least 4 members (excludes halogenated alkanes) is 20. The summed E-state index contributed by atoms with van der Waals surface area (Å²) < 4.78 is 14.4. The van der Waals surface area contributed by atoms with Gasteiger partial charge in [-0.15, -0.1) is 0 Å². The summed E-state index contributed by atoms with van der Waals surface area (Å²) in [5, 5.41) is 17.8. The Balaban J connectivity index is 0.000000510. The first-order chi connectivity index (χ1) is 33.0. The van der Waals surface area contributed by atoms with Crippen molar-refractivity contribution in [3.63, 3.8) is 0 Å². The van der Waals surface area contributed by atoms with E-state index in [9.17, 15) is 38.7 Å². The Morgan fingerprint density at radius 1 is 0.485 bits per heavy atom. The Kier molecular flexibility index (Phi) is 39.2. The smallest absolute Gasteiger partial charge is 0.328 e. The Hall–Kier alpha value is -4.07. The molecule has 14 nitrogen and oxygen atoms in total. The minimum atomic E-state index is -0.648. The maximum atomic E-state index is 11.7. The van der Waals surface area contributed by atoms with Crippen LogP contribution in [0.15, 0.2) is 24.3 Å². The monoisotopic (exact) mass is 960 g/mol. The van der Waals surface area contributed by atoms with Gasteiger partial charge in [0, 0.05) is 32.1 Å². The van der Waals surface area contributed by atoms with Crippen LogP contribution in [-0.2, 0) is 47.8 Å². The van der Waals surface area contributed by atoms with E-state index in [2.05, 4.69) is 61.0 Å². The molecular weight excluding hydrogens is 867 g/mol. The fourth-order valence-corrected chi connectivity index (χ4v) is 7.91. The molecule has 4 N–H and O–H groups in total. The van der Waals surface area contributed by atoms with E-state index in [4.69, 9.17) is 14.2 Å². The second-order valence-electron chi connectivity index (χ2n) is 18.6. The van der Waals surface area contributed by atoms with Crippen LogP contribution in [0.5, 0.6) is 0 Å². The number of aliphatic hydroxyl groups excluding tert-OH is 1. The summed E-state index contributed by atoms with van der Waals surface area (Å²) in [6.07, 6.45) is 40.9. The molecule has 3 saturated heterocycles. The number of Topliss-reactive ketones (excluding diaryl/α,β-unsaturated/α-hetero) is 1. The van der Waals surface area contributed by atoms with Crippen LogP contribution >= 0.6 is 0 Å². The molecule has 3 aliphatic heterocycles. The molecule has 4 atom stereocenters. The van der Waals surface area contributed by atoms with Crippen LogP contribution in [0.4, 0.5) is 0 Å². The molecule has 3 rings (SSSR count). The lowest BCUT2D eigenvalue weighted by Gasteiger charge is -2.12. The first-order valence-corrected chi connectivity index (χ1v) is 26.9. The largest absolute Gasteiger partial charge is 0.464 e. The number of amides is 3. The third kappa shape index (κ3) is 35.1. The summed E-state index contributed by atoms with van der Waals surface area (Å²) in [7, 11) is 0. The highest BCUT2D eigenvalue weighted by Crippen LogP contribution is 2.14. The van der Waals surface area contributed by atoms with E-state index >= 15 is 0 Å². The van der Waals surface area contributed by atoms with E-state index in [0.29, 0.717) is 58.3 Å². The first kappa shape index (κ1) is 61.9. The number of allylic oxidation sites excluding steroid dienone is 4. The zero-order chi connectivity index (χ0) is 49.9. The van der Waals surface area contributed by atoms with Crippen LogP contribution in [0.2, 0.25) is 0 Å². The summed E-state index contributed by atoms with van der Waals surface area (Å²) in [5.74, 6) is -1.80. The van der Waals surface area contributed by atoms with Crippen molar-refractivity contribution in [2.45, 2.75) is 257 Å². The van der Waals surface area contributed by atoms with Crippen molar-refractivity contribution in [1.29, 1.82) is 0 Å². The van der Waals surface area contributed by atoms with Gasteiger partial charge in [-0.05, 0) is 70.6 Å². The third-order valence-electron chi connectivity index (χ3n) is 12.1. The van der Waals surface area contributed by atoms with Crippen LogP contribution in [0.1, 0.15) is 233 Å². The molecule has 3 fully saturated rings. The molecule has 0 spiro atoms. The second-order valence-corrected chi connectivity index (χ2v) is 18.6. The highest BCUT2D eigenvalue weighted by molar-refractivity contribution is 5.99. The molecule has 0 aromatic rings. The first-order valence-electron chi connectivity index (χ1n) is 26.9. The molecule has 0 saturated carbocycles. The van der Waals surface area contributed by atoms with Crippen molar-refractivity contribution in [3.05, 3.63) is 24.3 Å². The van der Waals surface area contributed by atoms with Gasteiger partial charge in [-0.25, -0.2) is 14.4 Å². The summed E-state index contributed by atoms with van der Waals surface area (Å²) in [4.78, 5) is 80.5. The van der Waals surface area contributed by atoms with Crippen molar-refractivity contribution < 1.29 is 52.9 Å². The fourth-order valence-electron chi connectivity index (χ4n) is 7.91. The standard InChI is InChI=1S/2C18H31NO4.C18H31NO3/c2*1-2-3-4-5-6-7-8-9-10-11-15(20)14-17(21)19-16-12-13-23-18(16)22;1-2-3-4-5-6-7-8-9-10-11-12-13-17(20)19-16-14-15-22-18(16)21/h16H,2-14H2,1H3,(H,19,21);7-8,15-16,20H,2-6,9-14H2,1H3,(H,19,21);7-8,16H,2-6,9-15H2,1H3,(H,19,20)/b;2*8-7-/t16-;15?,16-;16-/m000/s1. The topological polar surface area (TPSA) is 203 Å². The van der Waals surface area contributed by atoms with Gasteiger partial charge in [-0.1, -0.05) is 141 Å². The quantitative estimate of drug-likeness (QED) is 0.0152. The highest BCUT2D eigenvalue weighted by Gasteiger charge is 2.30. The van der Waals surface area contributed by atoms with E-state index in [0.717, 1.165) is 57.8 Å². The van der Waals surface area contributed by atoms with Gasteiger partial charge in [-0.3, -0.25) is 19.2 Å². The lowest BCUT2D eigenvalue weighted by atomic mass is 10.0. The van der Waals surface area contributed by atoms with Crippen molar-refractivity contribution >= 4 is 41.4 Å². The van der Waals surface area contributed by atoms with Crippen LogP contribution < -0.4 is 16.0 Å². The van der Waals surface area contributed by atoms with E-state index in [1.165, 1.54) is 103 Å². The Morgan fingerprint density at radius 2 is 0.838 bits per heavy atom. The Labute approximate surface area is 410 Å². The van der Waals surface area contributed by atoms with Crippen LogP contribution in [0, 0.1) is 0 Å². The van der Waals surface area contributed by atoms with E-state index in [-0.39, 0.29) is 48.3 Å². The second kappa shape index (κ2) is 43.0. The van der Waals surface area contributed by atoms with Gasteiger partial charge in [0.05, 0.1) is 38.8 Å². The van der Waals surface area contributed by atoms with Crippen molar-refractivity contribution in [2.75, 3.05) is 19.8 Å². The Morgan fingerprint density at radius 3 is 1.26 bits per heavy atom. The van der Waals surface area contributed by atoms with E-state index in [1.54, 1.807) is 0 Å². The molecule has 0 radical (unpaired) electrons. The summed E-state index contributed by atoms with van der Waals surface area (Å²) in [6, 6.07) is -1.52. The minimum absolute atomic E-state index is 0.0321. The normalized spacial score (nSPS) is 18.0. The number of hydrogen-bond acceptors (Lipinski definition) is 11. The molecule has 14 heteroatoms. The van der Waals surface area contributed by atoms with Crippen molar-refractivity contribution in [2.24, 2.45) is 0 Å². The molecule has 3 amide bonds. The van der Waals surface area contributed by atoms with Gasteiger partial charge in [0.15, 0.2) is 0 Å². The van der Waals surface area contributed by atoms with Gasteiger partial charge >= 0.3 is 17.9 Å². The number of rotatable bonds is 37. The number of hydrogen-bond donors (Lipinski definition) is 4. The molecule has 0 aromatic heterocycles. The lowest BCUT2D eigenvalue weighted by molar-refractivity contribution is -0.142. The van der Waals surface area contributed by atoms with Gasteiger partial charge in [0.25, 0.3) is 0 Å². The Bertz CT molecular complexity index is 1450. The molecule has 0 aromatic carbocycles. The minimum Gasteiger partial charge on any atom is -0.464 e. The summed E-state index contributed by atoms with van der Waals surface area (Å²) >= 11 is 0. The number of carbonyl (C=O) groups is 7. The molecule has 1 unspecified atom stereocenters. The molecule has 68 heavy (non-hydrogen) atoms. The SMILES string of the molecule is CCCCCC/C=C\CCCC(O)CC(=O)N[C@H]1CCOC1=O.CCCCCC/C=C\CCCCCC(=O)N[C@H]1CCOC1=O.CCCCCCCCCCCC(=O)CC(=O)N[C@H]1CCOC1=O. The van der Waals surface area contributed by atoms with Gasteiger partial charge in [0.2, 0.25) is 17.7 Å². The lowest BCUT2D eigenvalue weighted by Crippen LogP contribution is -2.39. The summed E-state index contributed by atoms with van der Waals surface area (Å²) in [5.41, 5.74) is 0. The van der Waals surface area contributed by atoms with Crippen molar-refractivity contribution in [3.8, 4) is 0 Å². The van der Waals surface area contributed by atoms with Crippen LogP contribution in [0.25, 0.3) is 0 Å². The molecule has 390 valence electrons. The average Bonchev–Trinajstić information content (AvgIpc) is 4.04. The average molecular weight is 960 g/mol. The maximum Gasteiger partial charge on any atom is 0.328 e. The fraction of sp³-hybridized carbons (Fsp3) is 0.796. The predicted octanol–water partition coefficient (Wildman–Crippen LogP) is 10.1. The number of ketones is 1. The zero-order valence-electron chi connectivity index (χ0n) is 42.6. The molecule has 0 aliphatic carbocycles. The summed E-state index contributed by atoms with van der Waals surface area (Å²) in [6.45, 7) is 7.79. The van der Waals surface area contributed by atoms with E-state index < -0.39 is 30.2 Å². The van der Waals surface area contributed by atoms with Gasteiger partial charge in [-0.2, -0.15) is 0 Å². The number of nitrogens with one attached hydrogen (secondary N) is 3. The van der Waals surface area contributed by atoms with Crippen LogP contribution in [-0.4, -0.2) is 90.6 Å². The number of ether oxygens (including phenoxy) is 3. The third-order valence-corrected chi connectivity index (χ3v) is 12.1. The predicted molar refractivity (Wildman–Crippen MR) is 267 cm³/mol. The number of aliphatic hydroxyl groups is 1. The van der Waals surface area contributed by atoms with E-state index in [1.807, 2.05) is 0 Å². The highest BCUT2D eigenvalue weighted by atomic mass is 16.5. The number of cyclic esters (lactones) is 3. The zero-order valence-corrected chi connectivity index (χ0v) is 42.6. The molecule has 0 bridgehead atoms.